The molecule has 24 heavy (non-hydrogen) atoms. The molecule has 0 N–H and O–H groups in total. The van der Waals surface area contributed by atoms with E-state index in [4.69, 9.17) is 4.74 Å². The third-order valence-corrected chi connectivity index (χ3v) is 4.62. The van der Waals surface area contributed by atoms with Crippen LogP contribution in [0, 0.1) is 16.4 Å². The van der Waals surface area contributed by atoms with Gasteiger partial charge in [0.05, 0.1) is 18.9 Å². The summed E-state index contributed by atoms with van der Waals surface area (Å²) in [5.41, 5.74) is 2.81. The molecule has 0 radical (unpaired) electrons. The number of fused-ring (bicyclic) bond motifs is 1. The smallest absolute Gasteiger partial charge is 0.259 e. The minimum Gasteiger partial charge on any atom is -0.494 e. The number of imidazole rings is 1. The molecule has 2 heterocycles. The molecule has 0 unspecified atom stereocenters. The van der Waals surface area contributed by atoms with E-state index in [9.17, 15) is 9.18 Å². The zero-order valence-corrected chi connectivity index (χ0v) is 15.5. The van der Waals surface area contributed by atoms with Gasteiger partial charge in [-0.25, -0.2) is 9.37 Å². The molecule has 0 atom stereocenters. The minimum atomic E-state index is -0.465. The van der Waals surface area contributed by atoms with Crippen LogP contribution in [0.4, 0.5) is 10.1 Å². The fraction of sp³-hybridized carbons (Fsp3) is 0.176. The number of amides is 1. The van der Waals surface area contributed by atoms with E-state index < -0.39 is 5.82 Å². The number of carbonyl (C=O) groups excluding carboxylic acids is 1. The maximum atomic E-state index is 13.6. The van der Waals surface area contributed by atoms with Crippen molar-refractivity contribution < 1.29 is 13.9 Å². The van der Waals surface area contributed by atoms with Crippen molar-refractivity contribution in [3.63, 3.8) is 0 Å². The van der Waals surface area contributed by atoms with E-state index in [1.807, 2.05) is 11.3 Å². The average molecular weight is 439 g/mol. The third kappa shape index (κ3) is 2.83. The Bertz CT molecular complexity index is 939. The first kappa shape index (κ1) is 16.7. The van der Waals surface area contributed by atoms with Gasteiger partial charge in [-0.15, -0.1) is 0 Å². The zero-order chi connectivity index (χ0) is 17.4. The predicted octanol–water partition coefficient (Wildman–Crippen LogP) is 3.67. The summed E-state index contributed by atoms with van der Waals surface area (Å²) in [6.45, 7) is 1.91. The van der Waals surface area contributed by atoms with Crippen LogP contribution in [0.25, 0.3) is 5.65 Å². The summed E-state index contributed by atoms with van der Waals surface area (Å²) in [7, 11) is 3.04. The Morgan fingerprint density at radius 2 is 2.12 bits per heavy atom. The van der Waals surface area contributed by atoms with Crippen molar-refractivity contribution in [2.75, 3.05) is 19.1 Å². The maximum absolute atomic E-state index is 13.6. The molecule has 3 aromatic rings. The summed E-state index contributed by atoms with van der Waals surface area (Å²) in [4.78, 5) is 18.6. The summed E-state index contributed by atoms with van der Waals surface area (Å²) >= 11 is 2.17. The zero-order valence-electron chi connectivity index (χ0n) is 13.4. The topological polar surface area (TPSA) is 46.8 Å². The molecule has 0 spiro atoms. The number of halogens is 2. The SMILES string of the molecule is COc1cc(N(C)C(=O)c2cc(C)c3ncc(I)n3c2)ccc1F. The van der Waals surface area contributed by atoms with Gasteiger partial charge in [0, 0.05) is 25.0 Å². The molecule has 3 rings (SSSR count). The first-order valence-electron chi connectivity index (χ1n) is 7.17. The van der Waals surface area contributed by atoms with E-state index in [-0.39, 0.29) is 11.7 Å². The summed E-state index contributed by atoms with van der Waals surface area (Å²) < 4.78 is 21.3. The number of methoxy groups -OCH3 is 1. The lowest BCUT2D eigenvalue weighted by atomic mass is 10.1. The molecule has 124 valence electrons. The molecule has 7 heteroatoms. The van der Waals surface area contributed by atoms with Crippen LogP contribution in [-0.2, 0) is 0 Å². The summed E-state index contributed by atoms with van der Waals surface area (Å²) in [6, 6.07) is 6.13. The molecule has 0 aliphatic carbocycles. The monoisotopic (exact) mass is 439 g/mol. The minimum absolute atomic E-state index is 0.0999. The molecular weight excluding hydrogens is 424 g/mol. The molecule has 1 aromatic carbocycles. The van der Waals surface area contributed by atoms with E-state index in [1.165, 1.54) is 24.1 Å². The maximum Gasteiger partial charge on any atom is 0.259 e. The third-order valence-electron chi connectivity index (χ3n) is 3.82. The molecule has 0 bridgehead atoms. The second kappa shape index (κ2) is 6.39. The number of aromatic nitrogens is 2. The van der Waals surface area contributed by atoms with Gasteiger partial charge in [0.25, 0.3) is 5.91 Å². The molecule has 0 saturated heterocycles. The number of carbonyl (C=O) groups is 1. The van der Waals surface area contributed by atoms with E-state index in [1.54, 1.807) is 31.6 Å². The lowest BCUT2D eigenvalue weighted by molar-refractivity contribution is 0.0992. The number of hydrogen-bond donors (Lipinski definition) is 0. The van der Waals surface area contributed by atoms with Crippen LogP contribution in [-0.4, -0.2) is 29.4 Å². The number of nitrogens with zero attached hydrogens (tertiary/aromatic N) is 3. The van der Waals surface area contributed by atoms with Gasteiger partial charge < -0.3 is 9.64 Å². The van der Waals surface area contributed by atoms with Crippen LogP contribution < -0.4 is 9.64 Å². The van der Waals surface area contributed by atoms with Gasteiger partial charge in [0.2, 0.25) is 0 Å². The second-order valence-electron chi connectivity index (χ2n) is 5.37. The van der Waals surface area contributed by atoms with Gasteiger partial charge in [-0.3, -0.25) is 9.20 Å². The van der Waals surface area contributed by atoms with Crippen molar-refractivity contribution in [3.05, 3.63) is 57.3 Å². The molecular formula is C17H15FIN3O2. The lowest BCUT2D eigenvalue weighted by Crippen LogP contribution is -2.26. The van der Waals surface area contributed by atoms with Crippen LogP contribution in [0.3, 0.4) is 0 Å². The Balaban J connectivity index is 2.00. The normalized spacial score (nSPS) is 10.9. The Morgan fingerprint density at radius 1 is 1.38 bits per heavy atom. The highest BCUT2D eigenvalue weighted by Crippen LogP contribution is 2.25. The van der Waals surface area contributed by atoms with Crippen molar-refractivity contribution in [2.24, 2.45) is 0 Å². The average Bonchev–Trinajstić information content (AvgIpc) is 2.96. The molecule has 5 nitrogen and oxygen atoms in total. The van der Waals surface area contributed by atoms with Gasteiger partial charge in [-0.05, 0) is 53.3 Å². The molecule has 0 fully saturated rings. The number of benzene rings is 1. The molecule has 1 amide bonds. The first-order chi connectivity index (χ1) is 11.4. The summed E-state index contributed by atoms with van der Waals surface area (Å²) in [5.74, 6) is -0.562. The quantitative estimate of drug-likeness (QED) is 0.586. The number of aryl methyl sites for hydroxylation is 1. The van der Waals surface area contributed by atoms with E-state index in [0.717, 1.165) is 14.9 Å². The standard InChI is InChI=1S/C17H15FIN3O2/c1-10-6-11(9-22-15(19)8-20-16(10)22)17(23)21(2)12-4-5-13(18)14(7-12)24-3/h4-9H,1-3H3. The van der Waals surface area contributed by atoms with Crippen molar-refractivity contribution in [1.82, 2.24) is 9.38 Å². The van der Waals surface area contributed by atoms with E-state index in [2.05, 4.69) is 27.6 Å². The second-order valence-corrected chi connectivity index (χ2v) is 6.47. The van der Waals surface area contributed by atoms with Gasteiger partial charge in [-0.2, -0.15) is 0 Å². The fourth-order valence-electron chi connectivity index (χ4n) is 2.51. The molecule has 2 aromatic heterocycles. The number of ether oxygens (including phenoxy) is 1. The fourth-order valence-corrected chi connectivity index (χ4v) is 3.02. The predicted molar refractivity (Wildman–Crippen MR) is 98.3 cm³/mol. The molecule has 0 aliphatic heterocycles. The summed E-state index contributed by atoms with van der Waals surface area (Å²) in [6.07, 6.45) is 3.52. The highest BCUT2D eigenvalue weighted by Gasteiger charge is 2.17. The van der Waals surface area contributed by atoms with Gasteiger partial charge in [0.1, 0.15) is 9.35 Å². The Labute approximate surface area is 152 Å². The lowest BCUT2D eigenvalue weighted by Gasteiger charge is -2.19. The largest absolute Gasteiger partial charge is 0.494 e. The van der Waals surface area contributed by atoms with Crippen molar-refractivity contribution in [3.8, 4) is 5.75 Å². The highest BCUT2D eigenvalue weighted by atomic mass is 127. The van der Waals surface area contributed by atoms with Crippen LogP contribution in [0.2, 0.25) is 0 Å². The van der Waals surface area contributed by atoms with E-state index >= 15 is 0 Å². The van der Waals surface area contributed by atoms with Gasteiger partial charge in [-0.1, -0.05) is 0 Å². The van der Waals surface area contributed by atoms with Crippen LogP contribution in [0.1, 0.15) is 15.9 Å². The Morgan fingerprint density at radius 3 is 2.83 bits per heavy atom. The number of hydrogen-bond acceptors (Lipinski definition) is 3. The van der Waals surface area contributed by atoms with Crippen molar-refractivity contribution >= 4 is 39.8 Å². The number of rotatable bonds is 3. The molecule has 0 aliphatic rings. The first-order valence-corrected chi connectivity index (χ1v) is 8.25. The van der Waals surface area contributed by atoms with Crippen LogP contribution in [0.5, 0.6) is 5.75 Å². The Hall–Kier alpha value is -2.16. The number of anilines is 1. The van der Waals surface area contributed by atoms with Gasteiger partial charge >= 0.3 is 0 Å². The van der Waals surface area contributed by atoms with E-state index in [0.29, 0.717) is 11.3 Å². The number of pyridine rings is 1. The van der Waals surface area contributed by atoms with Crippen LogP contribution >= 0.6 is 22.6 Å². The summed E-state index contributed by atoms with van der Waals surface area (Å²) in [5, 5.41) is 0. The molecule has 0 saturated carbocycles. The Kier molecular flexibility index (Phi) is 4.44. The highest BCUT2D eigenvalue weighted by molar-refractivity contribution is 14.1. The van der Waals surface area contributed by atoms with Crippen molar-refractivity contribution in [2.45, 2.75) is 6.92 Å². The van der Waals surface area contributed by atoms with Crippen LogP contribution in [0.15, 0.2) is 36.7 Å². The van der Waals surface area contributed by atoms with Gasteiger partial charge in [0.15, 0.2) is 11.6 Å². The van der Waals surface area contributed by atoms with Crippen molar-refractivity contribution in [1.29, 1.82) is 0 Å².